The molecule has 3 N–H and O–H groups in total. The van der Waals surface area contributed by atoms with Crippen molar-refractivity contribution in [1.82, 2.24) is 9.88 Å². The lowest BCUT2D eigenvalue weighted by molar-refractivity contribution is 0.0426. The number of rotatable bonds is 3. The Labute approximate surface area is 102 Å². The van der Waals surface area contributed by atoms with Gasteiger partial charge in [-0.2, -0.15) is 0 Å². The molecule has 0 atom stereocenters. The molecule has 1 saturated carbocycles. The lowest BCUT2D eigenvalue weighted by Gasteiger charge is -2.26. The molecule has 4 heteroatoms. The average Bonchev–Trinajstić information content (AvgIpc) is 2.65. The molecule has 0 bridgehead atoms. The molecule has 0 saturated heterocycles. The summed E-state index contributed by atoms with van der Waals surface area (Å²) in [6.45, 7) is 0.711. The van der Waals surface area contributed by atoms with Crippen LogP contribution < -0.4 is 5.73 Å². The van der Waals surface area contributed by atoms with E-state index < -0.39 is 5.60 Å². The van der Waals surface area contributed by atoms with Crippen molar-refractivity contribution in [2.24, 2.45) is 0 Å². The highest BCUT2D eigenvalue weighted by atomic mass is 16.3. The minimum atomic E-state index is -0.688. The molecule has 0 aliphatic heterocycles. The first-order valence-corrected chi connectivity index (χ1v) is 6.14. The van der Waals surface area contributed by atoms with Crippen LogP contribution in [0, 0.1) is 0 Å². The smallest absolute Gasteiger partial charge is 0.123 e. The zero-order valence-electron chi connectivity index (χ0n) is 10.6. The maximum atomic E-state index is 10.6. The summed E-state index contributed by atoms with van der Waals surface area (Å²) >= 11 is 0. The number of pyridine rings is 1. The van der Waals surface area contributed by atoms with Gasteiger partial charge in [-0.05, 0) is 33.0 Å². The number of anilines is 1. The molecule has 1 fully saturated rings. The van der Waals surface area contributed by atoms with E-state index in [0.717, 1.165) is 36.9 Å². The van der Waals surface area contributed by atoms with E-state index in [1.807, 2.05) is 25.1 Å². The SMILES string of the molecule is CN(C)Cc1nc(N)ccc1C1(O)CCCC1. The average molecular weight is 235 g/mol. The predicted molar refractivity (Wildman–Crippen MR) is 68.4 cm³/mol. The molecular formula is C13H21N3O. The van der Waals surface area contributed by atoms with Gasteiger partial charge < -0.3 is 15.7 Å². The van der Waals surface area contributed by atoms with Gasteiger partial charge in [-0.3, -0.25) is 0 Å². The van der Waals surface area contributed by atoms with E-state index in [-0.39, 0.29) is 0 Å². The van der Waals surface area contributed by atoms with E-state index in [1.165, 1.54) is 0 Å². The Hall–Kier alpha value is -1.13. The van der Waals surface area contributed by atoms with Crippen molar-refractivity contribution in [1.29, 1.82) is 0 Å². The Kier molecular flexibility index (Phi) is 3.35. The monoisotopic (exact) mass is 235 g/mol. The molecule has 0 amide bonds. The van der Waals surface area contributed by atoms with E-state index in [0.29, 0.717) is 12.4 Å². The summed E-state index contributed by atoms with van der Waals surface area (Å²) in [5.41, 5.74) is 6.90. The van der Waals surface area contributed by atoms with Crippen LogP contribution >= 0.6 is 0 Å². The van der Waals surface area contributed by atoms with Crippen molar-refractivity contribution in [2.45, 2.75) is 37.8 Å². The largest absolute Gasteiger partial charge is 0.385 e. The molecule has 2 rings (SSSR count). The van der Waals surface area contributed by atoms with Gasteiger partial charge in [-0.25, -0.2) is 4.98 Å². The molecule has 1 aromatic heterocycles. The molecule has 0 spiro atoms. The molecule has 1 aromatic rings. The van der Waals surface area contributed by atoms with Crippen molar-refractivity contribution in [2.75, 3.05) is 19.8 Å². The van der Waals surface area contributed by atoms with Crippen molar-refractivity contribution in [3.8, 4) is 0 Å². The van der Waals surface area contributed by atoms with Crippen LogP contribution in [0.15, 0.2) is 12.1 Å². The zero-order chi connectivity index (χ0) is 12.5. The van der Waals surface area contributed by atoms with Crippen molar-refractivity contribution in [3.05, 3.63) is 23.4 Å². The summed E-state index contributed by atoms with van der Waals surface area (Å²) in [5.74, 6) is 0.521. The van der Waals surface area contributed by atoms with Crippen molar-refractivity contribution < 1.29 is 5.11 Å². The third-order valence-corrected chi connectivity index (χ3v) is 3.39. The number of hydrogen-bond donors (Lipinski definition) is 2. The topological polar surface area (TPSA) is 62.4 Å². The Morgan fingerprint density at radius 3 is 2.59 bits per heavy atom. The second-order valence-electron chi connectivity index (χ2n) is 5.21. The first-order chi connectivity index (χ1) is 8.01. The minimum absolute atomic E-state index is 0.521. The van der Waals surface area contributed by atoms with Gasteiger partial charge in [0.25, 0.3) is 0 Å². The van der Waals surface area contributed by atoms with Crippen LogP contribution in [-0.2, 0) is 12.1 Å². The van der Waals surface area contributed by atoms with Gasteiger partial charge in [0.05, 0.1) is 11.3 Å². The van der Waals surface area contributed by atoms with Gasteiger partial charge in [0, 0.05) is 12.1 Å². The number of nitrogens with zero attached hydrogens (tertiary/aromatic N) is 2. The Balaban J connectivity index is 2.38. The van der Waals surface area contributed by atoms with Gasteiger partial charge in [0.15, 0.2) is 0 Å². The maximum absolute atomic E-state index is 10.6. The standard InChI is InChI=1S/C13H21N3O/c1-16(2)9-11-10(5-6-12(14)15-11)13(17)7-3-4-8-13/h5-6,17H,3-4,7-9H2,1-2H3,(H2,14,15). The van der Waals surface area contributed by atoms with Gasteiger partial charge >= 0.3 is 0 Å². The fourth-order valence-corrected chi connectivity index (χ4v) is 2.59. The number of nitrogen functional groups attached to an aromatic ring is 1. The highest BCUT2D eigenvalue weighted by molar-refractivity contribution is 5.37. The molecule has 1 aliphatic rings. The lowest BCUT2D eigenvalue weighted by atomic mass is 9.90. The molecule has 17 heavy (non-hydrogen) atoms. The summed E-state index contributed by atoms with van der Waals surface area (Å²) in [6, 6.07) is 3.72. The highest BCUT2D eigenvalue weighted by Crippen LogP contribution is 2.39. The Morgan fingerprint density at radius 1 is 1.35 bits per heavy atom. The van der Waals surface area contributed by atoms with Crippen molar-refractivity contribution >= 4 is 5.82 Å². The van der Waals surface area contributed by atoms with Crippen LogP contribution in [0.3, 0.4) is 0 Å². The normalized spacial score (nSPS) is 18.8. The van der Waals surface area contributed by atoms with E-state index in [1.54, 1.807) is 6.07 Å². The summed E-state index contributed by atoms with van der Waals surface area (Å²) < 4.78 is 0. The maximum Gasteiger partial charge on any atom is 0.123 e. The van der Waals surface area contributed by atoms with Gasteiger partial charge in [0.2, 0.25) is 0 Å². The van der Waals surface area contributed by atoms with E-state index in [2.05, 4.69) is 4.98 Å². The van der Waals surface area contributed by atoms with Crippen LogP contribution in [0.25, 0.3) is 0 Å². The van der Waals surface area contributed by atoms with Crippen LogP contribution in [0.4, 0.5) is 5.82 Å². The zero-order valence-corrected chi connectivity index (χ0v) is 10.6. The molecule has 1 heterocycles. The second kappa shape index (κ2) is 4.63. The molecule has 0 aromatic carbocycles. The van der Waals surface area contributed by atoms with E-state index in [9.17, 15) is 5.11 Å². The highest BCUT2D eigenvalue weighted by Gasteiger charge is 2.35. The van der Waals surface area contributed by atoms with Crippen LogP contribution in [0.1, 0.15) is 36.9 Å². The molecular weight excluding hydrogens is 214 g/mol. The van der Waals surface area contributed by atoms with Crippen molar-refractivity contribution in [3.63, 3.8) is 0 Å². The molecule has 1 aliphatic carbocycles. The summed E-state index contributed by atoms with van der Waals surface area (Å²) in [4.78, 5) is 6.42. The first kappa shape index (κ1) is 12.3. The molecule has 4 nitrogen and oxygen atoms in total. The Morgan fingerprint density at radius 2 is 2.00 bits per heavy atom. The molecule has 0 unspecified atom stereocenters. The first-order valence-electron chi connectivity index (χ1n) is 6.14. The van der Waals surface area contributed by atoms with Crippen LogP contribution in [0.2, 0.25) is 0 Å². The Bertz CT molecular complexity index is 398. The van der Waals surface area contributed by atoms with Gasteiger partial charge in [-0.15, -0.1) is 0 Å². The minimum Gasteiger partial charge on any atom is -0.385 e. The van der Waals surface area contributed by atoms with E-state index >= 15 is 0 Å². The number of nitrogens with two attached hydrogens (primary N) is 1. The quantitative estimate of drug-likeness (QED) is 0.833. The summed E-state index contributed by atoms with van der Waals surface area (Å²) in [5, 5.41) is 10.6. The van der Waals surface area contributed by atoms with Crippen LogP contribution in [-0.4, -0.2) is 29.1 Å². The van der Waals surface area contributed by atoms with Crippen LogP contribution in [0.5, 0.6) is 0 Å². The fourth-order valence-electron chi connectivity index (χ4n) is 2.59. The number of aliphatic hydroxyl groups is 1. The third kappa shape index (κ3) is 2.58. The number of hydrogen-bond acceptors (Lipinski definition) is 4. The van der Waals surface area contributed by atoms with Gasteiger partial charge in [-0.1, -0.05) is 18.9 Å². The predicted octanol–water partition coefficient (Wildman–Crippen LogP) is 1.49. The number of aromatic nitrogens is 1. The second-order valence-corrected chi connectivity index (χ2v) is 5.21. The van der Waals surface area contributed by atoms with E-state index in [4.69, 9.17) is 5.73 Å². The summed E-state index contributed by atoms with van der Waals surface area (Å²) in [7, 11) is 3.99. The fraction of sp³-hybridized carbons (Fsp3) is 0.615. The summed E-state index contributed by atoms with van der Waals surface area (Å²) in [6.07, 6.45) is 3.84. The third-order valence-electron chi connectivity index (χ3n) is 3.39. The molecule has 94 valence electrons. The van der Waals surface area contributed by atoms with Gasteiger partial charge in [0.1, 0.15) is 5.82 Å². The lowest BCUT2D eigenvalue weighted by Crippen LogP contribution is -2.26. The molecule has 0 radical (unpaired) electrons.